The number of hydrogen-bond acceptors (Lipinski definition) is 4. The summed E-state index contributed by atoms with van der Waals surface area (Å²) in [6.07, 6.45) is 2.40. The molecule has 2 rings (SSSR count). The summed E-state index contributed by atoms with van der Waals surface area (Å²) in [6.45, 7) is 1.88. The molecule has 0 bridgehead atoms. The van der Waals surface area contributed by atoms with Crippen molar-refractivity contribution in [2.45, 2.75) is 31.7 Å². The van der Waals surface area contributed by atoms with Crippen LogP contribution in [-0.2, 0) is 4.79 Å². The average molecular weight is 327 g/mol. The van der Waals surface area contributed by atoms with Gasteiger partial charge in [0, 0.05) is 24.4 Å². The zero-order chi connectivity index (χ0) is 15.1. The first-order valence-electron chi connectivity index (χ1n) is 7.36. The molecule has 122 valence electrons. The molecule has 0 saturated carbocycles. The van der Waals surface area contributed by atoms with Crippen LogP contribution in [0.3, 0.4) is 0 Å². The van der Waals surface area contributed by atoms with E-state index in [9.17, 15) is 9.59 Å². The van der Waals surface area contributed by atoms with E-state index in [1.165, 1.54) is 0 Å². The molecule has 0 atom stereocenters. The molecule has 1 aliphatic rings. The topological polar surface area (TPSA) is 67.4 Å². The van der Waals surface area contributed by atoms with Crippen molar-refractivity contribution in [1.82, 2.24) is 10.6 Å². The molecule has 6 heteroatoms. The summed E-state index contributed by atoms with van der Waals surface area (Å²) >= 11 is 0. The molecule has 1 aromatic carbocycles. The molecule has 1 aliphatic heterocycles. The van der Waals surface area contributed by atoms with Gasteiger partial charge in [0.1, 0.15) is 5.75 Å². The van der Waals surface area contributed by atoms with Gasteiger partial charge < -0.3 is 15.4 Å². The van der Waals surface area contributed by atoms with E-state index in [2.05, 4.69) is 10.6 Å². The number of carbonyl (C=O) groups excluding carboxylic acids is 2. The third kappa shape index (κ3) is 5.66. The van der Waals surface area contributed by atoms with Crippen LogP contribution >= 0.6 is 12.4 Å². The van der Waals surface area contributed by atoms with E-state index in [1.807, 2.05) is 0 Å². The Morgan fingerprint density at radius 1 is 1.18 bits per heavy atom. The van der Waals surface area contributed by atoms with E-state index >= 15 is 0 Å². The monoisotopic (exact) mass is 326 g/mol. The number of piperidine rings is 1. The second-order valence-corrected chi connectivity index (χ2v) is 5.24. The molecule has 0 aliphatic carbocycles. The number of Topliss-reactive ketones (excluding diaryl/α,β-unsaturated/α-hetero) is 1. The van der Waals surface area contributed by atoms with Crippen LogP contribution in [0.5, 0.6) is 5.75 Å². The Morgan fingerprint density at radius 2 is 1.82 bits per heavy atom. The quantitative estimate of drug-likeness (QED) is 0.784. The SMILES string of the molecule is COc1ccc(C(=O)CCC(=O)NC2CCNCC2)cc1.Cl. The maximum absolute atomic E-state index is 12.0. The standard InChI is InChI=1S/C16H22N2O3.ClH/c1-21-14-4-2-12(3-5-14)15(19)6-7-16(20)18-13-8-10-17-11-9-13;/h2-5,13,17H,6-11H2,1H3,(H,18,20);1H. The minimum absolute atomic E-state index is 0. The fourth-order valence-corrected chi connectivity index (χ4v) is 2.41. The Morgan fingerprint density at radius 3 is 2.41 bits per heavy atom. The molecule has 1 amide bonds. The molecule has 2 N–H and O–H groups in total. The van der Waals surface area contributed by atoms with Gasteiger partial charge in [-0.3, -0.25) is 9.59 Å². The van der Waals surface area contributed by atoms with Gasteiger partial charge in [-0.25, -0.2) is 0 Å². The van der Waals surface area contributed by atoms with Crippen LogP contribution < -0.4 is 15.4 Å². The van der Waals surface area contributed by atoms with Crippen molar-refractivity contribution >= 4 is 24.1 Å². The Labute approximate surface area is 137 Å². The number of halogens is 1. The molecule has 1 heterocycles. The van der Waals surface area contributed by atoms with Crippen molar-refractivity contribution in [3.05, 3.63) is 29.8 Å². The molecule has 1 saturated heterocycles. The summed E-state index contributed by atoms with van der Waals surface area (Å²) in [5, 5.41) is 6.25. The van der Waals surface area contributed by atoms with Gasteiger partial charge in [0.05, 0.1) is 7.11 Å². The number of amides is 1. The number of rotatable bonds is 6. The van der Waals surface area contributed by atoms with Crippen LogP contribution in [0.4, 0.5) is 0 Å². The molecule has 22 heavy (non-hydrogen) atoms. The van der Waals surface area contributed by atoms with Crippen molar-refractivity contribution in [3.8, 4) is 5.75 Å². The molecule has 0 radical (unpaired) electrons. The van der Waals surface area contributed by atoms with Crippen LogP contribution in [0.15, 0.2) is 24.3 Å². The third-order valence-corrected chi connectivity index (χ3v) is 3.70. The first-order chi connectivity index (χ1) is 10.2. The highest BCUT2D eigenvalue weighted by molar-refractivity contribution is 5.98. The number of benzene rings is 1. The summed E-state index contributed by atoms with van der Waals surface area (Å²) in [7, 11) is 1.59. The Kier molecular flexibility index (Phi) is 7.91. The summed E-state index contributed by atoms with van der Waals surface area (Å²) < 4.78 is 5.05. The van der Waals surface area contributed by atoms with Crippen molar-refractivity contribution in [3.63, 3.8) is 0 Å². The van der Waals surface area contributed by atoms with Crippen LogP contribution in [0, 0.1) is 0 Å². The van der Waals surface area contributed by atoms with Gasteiger partial charge in [-0.15, -0.1) is 12.4 Å². The zero-order valence-corrected chi connectivity index (χ0v) is 13.6. The lowest BCUT2D eigenvalue weighted by Crippen LogP contribution is -2.42. The number of ketones is 1. The molecule has 0 spiro atoms. The van der Waals surface area contributed by atoms with E-state index in [1.54, 1.807) is 31.4 Å². The Hall–Kier alpha value is -1.59. The number of hydrogen-bond donors (Lipinski definition) is 2. The molecule has 0 unspecified atom stereocenters. The molecule has 1 fully saturated rings. The minimum Gasteiger partial charge on any atom is -0.497 e. The number of nitrogens with one attached hydrogen (secondary N) is 2. The Bertz CT molecular complexity index is 485. The smallest absolute Gasteiger partial charge is 0.220 e. The van der Waals surface area contributed by atoms with Gasteiger partial charge in [0.25, 0.3) is 0 Å². The minimum atomic E-state index is -0.0382. The Balaban J connectivity index is 0.00000242. The second kappa shape index (κ2) is 9.43. The first kappa shape index (κ1) is 18.5. The lowest BCUT2D eigenvalue weighted by Gasteiger charge is -2.23. The number of carbonyl (C=O) groups is 2. The van der Waals surface area contributed by atoms with E-state index in [0.717, 1.165) is 31.7 Å². The van der Waals surface area contributed by atoms with Gasteiger partial charge >= 0.3 is 0 Å². The zero-order valence-electron chi connectivity index (χ0n) is 12.8. The highest BCUT2D eigenvalue weighted by Crippen LogP contribution is 2.13. The first-order valence-corrected chi connectivity index (χ1v) is 7.36. The largest absolute Gasteiger partial charge is 0.497 e. The molecular formula is C16H23ClN2O3. The van der Waals surface area contributed by atoms with E-state index in [0.29, 0.717) is 5.56 Å². The summed E-state index contributed by atoms with van der Waals surface area (Å²) in [4.78, 5) is 23.9. The molecular weight excluding hydrogens is 304 g/mol. The second-order valence-electron chi connectivity index (χ2n) is 5.24. The fraction of sp³-hybridized carbons (Fsp3) is 0.500. The van der Waals surface area contributed by atoms with Crippen LogP contribution in [0.2, 0.25) is 0 Å². The normalized spacial score (nSPS) is 14.8. The lowest BCUT2D eigenvalue weighted by atomic mass is 10.0. The fourth-order valence-electron chi connectivity index (χ4n) is 2.41. The van der Waals surface area contributed by atoms with Gasteiger partial charge in [-0.05, 0) is 50.2 Å². The van der Waals surface area contributed by atoms with E-state index < -0.39 is 0 Å². The lowest BCUT2D eigenvalue weighted by molar-refractivity contribution is -0.121. The predicted molar refractivity (Wildman–Crippen MR) is 87.8 cm³/mol. The van der Waals surface area contributed by atoms with Crippen molar-refractivity contribution in [2.75, 3.05) is 20.2 Å². The van der Waals surface area contributed by atoms with Gasteiger partial charge in [-0.2, -0.15) is 0 Å². The van der Waals surface area contributed by atoms with Crippen LogP contribution in [0.25, 0.3) is 0 Å². The predicted octanol–water partition coefficient (Wildman–Crippen LogP) is 1.95. The van der Waals surface area contributed by atoms with Crippen LogP contribution in [-0.4, -0.2) is 37.9 Å². The van der Waals surface area contributed by atoms with Crippen molar-refractivity contribution in [1.29, 1.82) is 0 Å². The summed E-state index contributed by atoms with van der Waals surface area (Å²) in [5.74, 6) is 0.664. The van der Waals surface area contributed by atoms with Gasteiger partial charge in [-0.1, -0.05) is 0 Å². The molecule has 0 aromatic heterocycles. The number of ether oxygens (including phenoxy) is 1. The van der Waals surface area contributed by atoms with E-state index in [-0.39, 0.29) is 43.0 Å². The highest BCUT2D eigenvalue weighted by Gasteiger charge is 2.16. The summed E-state index contributed by atoms with van der Waals surface area (Å²) in [5.41, 5.74) is 0.616. The van der Waals surface area contributed by atoms with Gasteiger partial charge in [0.2, 0.25) is 5.91 Å². The van der Waals surface area contributed by atoms with Crippen molar-refractivity contribution < 1.29 is 14.3 Å². The maximum atomic E-state index is 12.0. The molecule has 5 nitrogen and oxygen atoms in total. The highest BCUT2D eigenvalue weighted by atomic mass is 35.5. The summed E-state index contributed by atoms with van der Waals surface area (Å²) in [6, 6.07) is 7.21. The van der Waals surface area contributed by atoms with Crippen molar-refractivity contribution in [2.24, 2.45) is 0 Å². The third-order valence-electron chi connectivity index (χ3n) is 3.70. The maximum Gasteiger partial charge on any atom is 0.220 e. The average Bonchev–Trinajstić information content (AvgIpc) is 2.53. The van der Waals surface area contributed by atoms with E-state index in [4.69, 9.17) is 4.74 Å². The number of methoxy groups -OCH3 is 1. The van der Waals surface area contributed by atoms with Gasteiger partial charge in [0.15, 0.2) is 5.78 Å². The molecule has 1 aromatic rings. The van der Waals surface area contributed by atoms with Crippen LogP contribution in [0.1, 0.15) is 36.0 Å².